The Hall–Kier alpha value is -2.34. The molecular formula is C21H23FN2O2S. The van der Waals surface area contributed by atoms with Crippen LogP contribution in [0.3, 0.4) is 0 Å². The third kappa shape index (κ3) is 5.10. The molecular weight excluding hydrogens is 363 g/mol. The molecule has 0 bridgehead atoms. The van der Waals surface area contributed by atoms with Crippen molar-refractivity contribution < 1.29 is 14.0 Å². The lowest BCUT2D eigenvalue weighted by Crippen LogP contribution is -2.29. The summed E-state index contributed by atoms with van der Waals surface area (Å²) in [5.74, 6) is 0.0546. The fraction of sp³-hybridized carbons (Fsp3) is 0.333. The lowest BCUT2D eigenvalue weighted by molar-refractivity contribution is -0.127. The third-order valence-electron chi connectivity index (χ3n) is 4.61. The zero-order valence-electron chi connectivity index (χ0n) is 15.4. The molecule has 1 aliphatic heterocycles. The first-order chi connectivity index (χ1) is 13.0. The fourth-order valence-electron chi connectivity index (χ4n) is 3.11. The van der Waals surface area contributed by atoms with Gasteiger partial charge in [-0.05, 0) is 42.7 Å². The number of nitrogens with zero attached hydrogens (tertiary/aromatic N) is 2. The van der Waals surface area contributed by atoms with Crippen molar-refractivity contribution in [1.82, 2.24) is 9.80 Å². The number of amides is 2. The summed E-state index contributed by atoms with van der Waals surface area (Å²) in [7, 11) is 1.72. The summed E-state index contributed by atoms with van der Waals surface area (Å²) in [6, 6.07) is 13.5. The lowest BCUT2D eigenvalue weighted by Gasteiger charge is -2.19. The van der Waals surface area contributed by atoms with E-state index >= 15 is 0 Å². The number of hydrogen-bond donors (Lipinski definition) is 0. The van der Waals surface area contributed by atoms with Crippen LogP contribution in [0.5, 0.6) is 0 Å². The Morgan fingerprint density at radius 3 is 2.44 bits per heavy atom. The summed E-state index contributed by atoms with van der Waals surface area (Å²) >= 11 is 1.41. The van der Waals surface area contributed by atoms with Crippen molar-refractivity contribution in [3.8, 4) is 0 Å². The van der Waals surface area contributed by atoms with Gasteiger partial charge in [0.15, 0.2) is 0 Å². The maximum absolute atomic E-state index is 13.0. The fourth-order valence-corrected chi connectivity index (χ4v) is 4.05. The molecule has 0 spiro atoms. The van der Waals surface area contributed by atoms with E-state index in [4.69, 9.17) is 0 Å². The van der Waals surface area contributed by atoms with E-state index < -0.39 is 0 Å². The smallest absolute Gasteiger partial charge is 0.255 e. The normalized spacial score (nSPS) is 13.6. The van der Waals surface area contributed by atoms with Crippen LogP contribution in [0.1, 0.15) is 28.8 Å². The summed E-state index contributed by atoms with van der Waals surface area (Å²) in [6.45, 7) is 2.06. The molecule has 3 rings (SSSR count). The van der Waals surface area contributed by atoms with Gasteiger partial charge in [0, 0.05) is 31.6 Å². The van der Waals surface area contributed by atoms with Gasteiger partial charge >= 0.3 is 0 Å². The Labute approximate surface area is 163 Å². The predicted molar refractivity (Wildman–Crippen MR) is 105 cm³/mol. The predicted octanol–water partition coefficient (Wildman–Crippen LogP) is 3.81. The van der Waals surface area contributed by atoms with Crippen LogP contribution < -0.4 is 0 Å². The van der Waals surface area contributed by atoms with Gasteiger partial charge in [0.2, 0.25) is 5.91 Å². The molecule has 0 atom stereocenters. The first-order valence-electron chi connectivity index (χ1n) is 9.04. The van der Waals surface area contributed by atoms with E-state index in [1.807, 2.05) is 23.1 Å². The van der Waals surface area contributed by atoms with Crippen LogP contribution in [0.2, 0.25) is 0 Å². The molecule has 4 nitrogen and oxygen atoms in total. The van der Waals surface area contributed by atoms with E-state index in [0.717, 1.165) is 36.4 Å². The number of benzene rings is 2. The third-order valence-corrected chi connectivity index (χ3v) is 5.67. The first kappa shape index (κ1) is 19.4. The Kier molecular flexibility index (Phi) is 6.50. The molecule has 2 aromatic carbocycles. The Balaban J connectivity index is 1.65. The summed E-state index contributed by atoms with van der Waals surface area (Å²) in [5.41, 5.74) is 1.45. The highest BCUT2D eigenvalue weighted by Gasteiger charge is 2.20. The van der Waals surface area contributed by atoms with Gasteiger partial charge in [0.05, 0.1) is 11.3 Å². The van der Waals surface area contributed by atoms with E-state index in [0.29, 0.717) is 17.9 Å². The van der Waals surface area contributed by atoms with Gasteiger partial charge < -0.3 is 9.80 Å². The van der Waals surface area contributed by atoms with Crippen molar-refractivity contribution in [2.45, 2.75) is 24.3 Å². The Morgan fingerprint density at radius 2 is 1.74 bits per heavy atom. The molecule has 0 saturated carbocycles. The number of halogens is 1. The standard InChI is InChI=1S/C21H23FN2O2S/c1-23(14-16-8-10-17(22)11-9-16)21(26)18-6-2-3-7-19(18)27-15-20(25)24-12-4-5-13-24/h2-3,6-11H,4-5,12-15H2,1H3. The molecule has 1 aliphatic rings. The summed E-state index contributed by atoms with van der Waals surface area (Å²) < 4.78 is 13.0. The van der Waals surface area contributed by atoms with Crippen LogP contribution >= 0.6 is 11.8 Å². The number of carbonyl (C=O) groups excluding carboxylic acids is 2. The number of carbonyl (C=O) groups is 2. The van der Waals surface area contributed by atoms with Crippen molar-refractivity contribution >= 4 is 23.6 Å². The molecule has 0 aromatic heterocycles. The topological polar surface area (TPSA) is 40.6 Å². The number of rotatable bonds is 6. The van der Waals surface area contributed by atoms with Crippen LogP contribution in [0.4, 0.5) is 4.39 Å². The van der Waals surface area contributed by atoms with Crippen LogP contribution in [-0.4, -0.2) is 47.5 Å². The molecule has 0 N–H and O–H groups in total. The van der Waals surface area contributed by atoms with Crippen LogP contribution in [0, 0.1) is 5.82 Å². The van der Waals surface area contributed by atoms with Crippen molar-refractivity contribution in [1.29, 1.82) is 0 Å². The van der Waals surface area contributed by atoms with Crippen molar-refractivity contribution in [3.05, 3.63) is 65.5 Å². The summed E-state index contributed by atoms with van der Waals surface area (Å²) in [5, 5.41) is 0. The molecule has 6 heteroatoms. The van der Waals surface area contributed by atoms with Crippen LogP contribution in [0.15, 0.2) is 53.4 Å². The van der Waals surface area contributed by atoms with Crippen molar-refractivity contribution in [2.24, 2.45) is 0 Å². The maximum atomic E-state index is 13.0. The lowest BCUT2D eigenvalue weighted by atomic mass is 10.1. The second-order valence-corrected chi connectivity index (χ2v) is 7.68. The molecule has 0 radical (unpaired) electrons. The van der Waals surface area contributed by atoms with E-state index in [2.05, 4.69) is 0 Å². The van der Waals surface area contributed by atoms with E-state index in [9.17, 15) is 14.0 Å². The van der Waals surface area contributed by atoms with E-state index in [1.54, 1.807) is 30.1 Å². The maximum Gasteiger partial charge on any atom is 0.255 e. The van der Waals surface area contributed by atoms with E-state index in [1.165, 1.54) is 23.9 Å². The van der Waals surface area contributed by atoms with Gasteiger partial charge in [0.1, 0.15) is 5.82 Å². The Morgan fingerprint density at radius 1 is 1.07 bits per heavy atom. The molecule has 1 saturated heterocycles. The molecule has 2 amide bonds. The molecule has 1 heterocycles. The number of hydrogen-bond acceptors (Lipinski definition) is 3. The monoisotopic (exact) mass is 386 g/mol. The molecule has 1 fully saturated rings. The number of thioether (sulfide) groups is 1. The number of likely N-dealkylation sites (tertiary alicyclic amines) is 1. The average molecular weight is 386 g/mol. The van der Waals surface area contributed by atoms with Gasteiger partial charge in [-0.2, -0.15) is 0 Å². The zero-order valence-corrected chi connectivity index (χ0v) is 16.2. The van der Waals surface area contributed by atoms with Gasteiger partial charge in [-0.1, -0.05) is 24.3 Å². The minimum Gasteiger partial charge on any atom is -0.342 e. The zero-order chi connectivity index (χ0) is 19.2. The SMILES string of the molecule is CN(Cc1ccc(F)cc1)C(=O)c1ccccc1SCC(=O)N1CCCC1. The highest BCUT2D eigenvalue weighted by atomic mass is 32.2. The highest BCUT2D eigenvalue weighted by Crippen LogP contribution is 2.25. The quantitative estimate of drug-likeness (QED) is 0.709. The molecule has 0 aliphatic carbocycles. The minimum absolute atomic E-state index is 0.115. The van der Waals surface area contributed by atoms with Crippen molar-refractivity contribution in [3.63, 3.8) is 0 Å². The van der Waals surface area contributed by atoms with Crippen LogP contribution in [0.25, 0.3) is 0 Å². The van der Waals surface area contributed by atoms with Gasteiger partial charge in [-0.3, -0.25) is 9.59 Å². The minimum atomic E-state index is -0.294. The van der Waals surface area contributed by atoms with Gasteiger partial charge in [0.25, 0.3) is 5.91 Å². The molecule has 2 aromatic rings. The van der Waals surface area contributed by atoms with E-state index in [-0.39, 0.29) is 17.6 Å². The first-order valence-corrected chi connectivity index (χ1v) is 10.0. The van der Waals surface area contributed by atoms with Gasteiger partial charge in [-0.25, -0.2) is 4.39 Å². The molecule has 142 valence electrons. The highest BCUT2D eigenvalue weighted by molar-refractivity contribution is 8.00. The Bertz CT molecular complexity index is 804. The molecule has 27 heavy (non-hydrogen) atoms. The summed E-state index contributed by atoms with van der Waals surface area (Å²) in [4.78, 5) is 29.5. The van der Waals surface area contributed by atoms with Crippen LogP contribution in [-0.2, 0) is 11.3 Å². The van der Waals surface area contributed by atoms with Gasteiger partial charge in [-0.15, -0.1) is 11.8 Å². The molecule has 0 unspecified atom stereocenters. The largest absolute Gasteiger partial charge is 0.342 e. The average Bonchev–Trinajstić information content (AvgIpc) is 3.22. The second kappa shape index (κ2) is 9.04. The van der Waals surface area contributed by atoms with Crippen molar-refractivity contribution in [2.75, 3.05) is 25.9 Å². The summed E-state index contributed by atoms with van der Waals surface area (Å²) in [6.07, 6.45) is 2.14. The second-order valence-electron chi connectivity index (χ2n) is 6.66.